The Balaban J connectivity index is 2.64. The lowest BCUT2D eigenvalue weighted by molar-refractivity contribution is 0.0511. The van der Waals surface area contributed by atoms with Crippen LogP contribution in [0.15, 0.2) is 29.2 Å². The van der Waals surface area contributed by atoms with Crippen molar-refractivity contribution in [1.29, 1.82) is 0 Å². The third-order valence-electron chi connectivity index (χ3n) is 1.37. The molecule has 0 aliphatic rings. The van der Waals surface area contributed by atoms with Gasteiger partial charge in [-0.1, -0.05) is 0 Å². The quantitative estimate of drug-likeness (QED) is 0.589. The molecule has 0 bridgehead atoms. The second kappa shape index (κ2) is 4.96. The van der Waals surface area contributed by atoms with Crippen molar-refractivity contribution in [3.63, 3.8) is 0 Å². The van der Waals surface area contributed by atoms with Crippen molar-refractivity contribution >= 4 is 11.1 Å². The highest BCUT2D eigenvalue weighted by Gasteiger charge is 1.99. The molecule has 1 aromatic carbocycles. The maximum Gasteiger partial charge on any atom is 0.188 e. The van der Waals surface area contributed by atoms with Gasteiger partial charge in [0.1, 0.15) is 5.75 Å². The summed E-state index contributed by atoms with van der Waals surface area (Å²) in [7, 11) is 1.52. The Morgan fingerprint density at radius 2 is 2.00 bits per heavy atom. The van der Waals surface area contributed by atoms with Crippen molar-refractivity contribution in [3.8, 4) is 5.75 Å². The average molecular weight is 202 g/mol. The Labute approximate surface area is 78.8 Å². The summed E-state index contributed by atoms with van der Waals surface area (Å²) in [5.74, 6) is 0.607. The molecule has 5 heteroatoms. The van der Waals surface area contributed by atoms with E-state index in [0.29, 0.717) is 10.6 Å². The normalized spacial score (nSPS) is 12.5. The highest BCUT2D eigenvalue weighted by atomic mass is 32.2. The first kappa shape index (κ1) is 10.2. The van der Waals surface area contributed by atoms with Crippen molar-refractivity contribution in [2.75, 3.05) is 13.9 Å². The minimum atomic E-state index is -1.93. The van der Waals surface area contributed by atoms with Crippen molar-refractivity contribution < 1.29 is 18.2 Å². The average Bonchev–Trinajstić information content (AvgIpc) is 2.15. The van der Waals surface area contributed by atoms with Crippen LogP contribution in [0.25, 0.3) is 0 Å². The molecule has 1 atom stereocenters. The van der Waals surface area contributed by atoms with Crippen molar-refractivity contribution in [1.82, 2.24) is 0 Å². The Hall–Kier alpha value is -0.910. The summed E-state index contributed by atoms with van der Waals surface area (Å²) in [5, 5.41) is 0. The Morgan fingerprint density at radius 3 is 2.46 bits per heavy atom. The van der Waals surface area contributed by atoms with Gasteiger partial charge in [-0.3, -0.25) is 0 Å². The van der Waals surface area contributed by atoms with Crippen LogP contribution in [0.4, 0.5) is 0 Å². The standard InChI is InChI=1S/C8H10O4S/c1-11-6-12-7-2-4-8(5-3-7)13(9)10/h2-5H,6H2,1H3,(H,9,10). The van der Waals surface area contributed by atoms with Crippen molar-refractivity contribution in [2.24, 2.45) is 0 Å². The molecule has 1 N–H and O–H groups in total. The second-order valence-corrected chi connectivity index (χ2v) is 3.24. The molecule has 0 amide bonds. The summed E-state index contributed by atoms with van der Waals surface area (Å²) in [4.78, 5) is 0.352. The van der Waals surface area contributed by atoms with Gasteiger partial charge < -0.3 is 14.0 Å². The number of hydrogen-bond acceptors (Lipinski definition) is 3. The molecule has 0 saturated carbocycles. The third kappa shape index (κ3) is 3.14. The van der Waals surface area contributed by atoms with E-state index in [0.717, 1.165) is 0 Å². The molecule has 4 nitrogen and oxygen atoms in total. The van der Waals surface area contributed by atoms with Gasteiger partial charge in [0.05, 0.1) is 4.90 Å². The van der Waals surface area contributed by atoms with Crippen LogP contribution < -0.4 is 4.74 Å². The van der Waals surface area contributed by atoms with Gasteiger partial charge in [0.15, 0.2) is 17.9 Å². The first-order valence-corrected chi connectivity index (χ1v) is 4.67. The summed E-state index contributed by atoms with van der Waals surface area (Å²) in [5.41, 5.74) is 0. The molecule has 0 aromatic heterocycles. The summed E-state index contributed by atoms with van der Waals surface area (Å²) in [6.07, 6.45) is 0. The molecule has 1 unspecified atom stereocenters. The maximum atomic E-state index is 10.6. The van der Waals surface area contributed by atoms with Crippen LogP contribution in [-0.4, -0.2) is 22.7 Å². The molecule has 72 valence electrons. The highest BCUT2D eigenvalue weighted by molar-refractivity contribution is 7.79. The minimum absolute atomic E-state index is 0.168. The van der Waals surface area contributed by atoms with Gasteiger partial charge in [-0.2, -0.15) is 0 Å². The largest absolute Gasteiger partial charge is 0.468 e. The van der Waals surface area contributed by atoms with E-state index >= 15 is 0 Å². The zero-order chi connectivity index (χ0) is 9.68. The van der Waals surface area contributed by atoms with E-state index in [-0.39, 0.29) is 6.79 Å². The van der Waals surface area contributed by atoms with Crippen LogP contribution >= 0.6 is 0 Å². The van der Waals surface area contributed by atoms with Crippen LogP contribution in [0.3, 0.4) is 0 Å². The van der Waals surface area contributed by atoms with Crippen molar-refractivity contribution in [2.45, 2.75) is 4.90 Å². The first-order chi connectivity index (χ1) is 6.24. The molecule has 0 spiro atoms. The number of hydrogen-bond donors (Lipinski definition) is 1. The fourth-order valence-electron chi connectivity index (χ4n) is 0.779. The lowest BCUT2D eigenvalue weighted by Crippen LogP contribution is -1.98. The molecule has 13 heavy (non-hydrogen) atoms. The Morgan fingerprint density at radius 1 is 1.38 bits per heavy atom. The van der Waals surface area contributed by atoms with E-state index in [1.54, 1.807) is 12.1 Å². The van der Waals surface area contributed by atoms with E-state index < -0.39 is 11.1 Å². The van der Waals surface area contributed by atoms with Crippen LogP contribution in [0.5, 0.6) is 5.75 Å². The number of methoxy groups -OCH3 is 1. The second-order valence-electron chi connectivity index (χ2n) is 2.27. The molecule has 1 rings (SSSR count). The molecule has 0 aliphatic heterocycles. The van der Waals surface area contributed by atoms with Gasteiger partial charge in [0.25, 0.3) is 0 Å². The molecule has 0 saturated heterocycles. The lowest BCUT2D eigenvalue weighted by Gasteiger charge is -2.03. The molecule has 1 aromatic rings. The van der Waals surface area contributed by atoms with Crippen LogP contribution in [0.1, 0.15) is 0 Å². The summed E-state index contributed by atoms with van der Waals surface area (Å²) in [6, 6.07) is 6.28. The predicted molar refractivity (Wildman–Crippen MR) is 48.0 cm³/mol. The first-order valence-electron chi connectivity index (χ1n) is 3.56. The van der Waals surface area contributed by atoms with Gasteiger partial charge in [-0.15, -0.1) is 0 Å². The van der Waals surface area contributed by atoms with Crippen LogP contribution in [-0.2, 0) is 15.8 Å². The highest BCUT2D eigenvalue weighted by Crippen LogP contribution is 2.13. The lowest BCUT2D eigenvalue weighted by atomic mass is 10.3. The topological polar surface area (TPSA) is 55.8 Å². The predicted octanol–water partition coefficient (Wildman–Crippen LogP) is 1.25. The molecule has 0 aliphatic carbocycles. The van der Waals surface area contributed by atoms with E-state index in [2.05, 4.69) is 0 Å². The van der Waals surface area contributed by atoms with E-state index in [1.807, 2.05) is 0 Å². The molecule has 0 fully saturated rings. The van der Waals surface area contributed by atoms with E-state index in [1.165, 1.54) is 19.2 Å². The molecule has 0 heterocycles. The summed E-state index contributed by atoms with van der Waals surface area (Å²) < 4.78 is 29.0. The van der Waals surface area contributed by atoms with Gasteiger partial charge in [0, 0.05) is 7.11 Å². The number of rotatable bonds is 4. The smallest absolute Gasteiger partial charge is 0.188 e. The molecular formula is C8H10O4S. The van der Waals surface area contributed by atoms with Crippen LogP contribution in [0, 0.1) is 0 Å². The summed E-state index contributed by atoms with van der Waals surface area (Å²) in [6.45, 7) is 0.168. The van der Waals surface area contributed by atoms with Gasteiger partial charge in [-0.05, 0) is 24.3 Å². The van der Waals surface area contributed by atoms with Crippen LogP contribution in [0.2, 0.25) is 0 Å². The fraction of sp³-hybridized carbons (Fsp3) is 0.250. The number of ether oxygens (including phenoxy) is 2. The fourth-order valence-corrected chi connectivity index (χ4v) is 1.15. The van der Waals surface area contributed by atoms with Crippen molar-refractivity contribution in [3.05, 3.63) is 24.3 Å². The Bertz CT molecular complexity index is 283. The SMILES string of the molecule is COCOc1ccc(S(=O)O)cc1. The van der Waals surface area contributed by atoms with Gasteiger partial charge >= 0.3 is 0 Å². The Kier molecular flexibility index (Phi) is 3.88. The van der Waals surface area contributed by atoms with E-state index in [4.69, 9.17) is 14.0 Å². The zero-order valence-electron chi connectivity index (χ0n) is 7.10. The molecular weight excluding hydrogens is 192 g/mol. The maximum absolute atomic E-state index is 10.6. The summed E-state index contributed by atoms with van der Waals surface area (Å²) >= 11 is -1.93. The minimum Gasteiger partial charge on any atom is -0.468 e. The van der Waals surface area contributed by atoms with Gasteiger partial charge in [-0.25, -0.2) is 4.21 Å². The molecule has 0 radical (unpaired) electrons. The zero-order valence-corrected chi connectivity index (χ0v) is 7.91. The van der Waals surface area contributed by atoms with E-state index in [9.17, 15) is 4.21 Å². The number of benzene rings is 1. The van der Waals surface area contributed by atoms with Gasteiger partial charge in [0.2, 0.25) is 0 Å². The monoisotopic (exact) mass is 202 g/mol. The third-order valence-corrected chi connectivity index (χ3v) is 2.04.